The lowest BCUT2D eigenvalue weighted by atomic mass is 9.63. The maximum atomic E-state index is 12.1. The Balaban J connectivity index is 1.92. The average molecular weight is 262 g/mol. The van der Waals surface area contributed by atoms with Crippen molar-refractivity contribution in [2.75, 3.05) is 6.61 Å². The van der Waals surface area contributed by atoms with E-state index in [1.807, 2.05) is 13.0 Å². The second-order valence-corrected chi connectivity index (χ2v) is 6.81. The summed E-state index contributed by atoms with van der Waals surface area (Å²) in [4.78, 5) is 23.9. The summed E-state index contributed by atoms with van der Waals surface area (Å²) < 4.78 is 5.30. The van der Waals surface area contributed by atoms with E-state index in [0.29, 0.717) is 18.9 Å². The van der Waals surface area contributed by atoms with Gasteiger partial charge >= 0.3 is 11.9 Å². The van der Waals surface area contributed by atoms with E-state index in [-0.39, 0.29) is 23.2 Å². The molecule has 1 spiro atoms. The van der Waals surface area contributed by atoms with E-state index in [0.717, 1.165) is 24.8 Å². The van der Waals surface area contributed by atoms with Crippen LogP contribution in [-0.2, 0) is 14.3 Å². The van der Waals surface area contributed by atoms with Crippen LogP contribution in [0.5, 0.6) is 0 Å². The van der Waals surface area contributed by atoms with E-state index < -0.39 is 11.4 Å². The van der Waals surface area contributed by atoms with Gasteiger partial charge in [0.2, 0.25) is 0 Å². The summed E-state index contributed by atoms with van der Waals surface area (Å²) in [5.41, 5.74) is -0.0665. The normalized spacial score (nSPS) is 50.5. The first kappa shape index (κ1) is 11.5. The summed E-state index contributed by atoms with van der Waals surface area (Å²) in [6, 6.07) is 0. The first-order chi connectivity index (χ1) is 9.01. The first-order valence-electron chi connectivity index (χ1n) is 7.12. The van der Waals surface area contributed by atoms with Crippen LogP contribution in [0.15, 0.2) is 11.6 Å². The summed E-state index contributed by atoms with van der Waals surface area (Å²) in [6.45, 7) is 2.38. The Morgan fingerprint density at radius 2 is 2.21 bits per heavy atom. The number of carboxylic acid groups (broad SMARTS) is 1. The van der Waals surface area contributed by atoms with Gasteiger partial charge < -0.3 is 9.84 Å². The molecule has 4 heteroatoms. The number of carbonyl (C=O) groups is 2. The van der Waals surface area contributed by atoms with Gasteiger partial charge in [0.25, 0.3) is 0 Å². The molecule has 5 atom stereocenters. The van der Waals surface area contributed by atoms with Crippen LogP contribution >= 0.6 is 0 Å². The zero-order valence-electron chi connectivity index (χ0n) is 11.0. The SMILES string of the molecule is CC1(C(=O)O)C2CC=C3C(=O)OCC4CCC1C34C2. The standard InChI is InChI=1S/C15H18O4/c1-14(13(17)18)8-2-4-10-12(16)19-7-9-3-5-11(14)15(9,10)6-8/h4,8-9,11H,2-3,5-7H2,1H3,(H,17,18). The first-order valence-corrected chi connectivity index (χ1v) is 7.12. The van der Waals surface area contributed by atoms with Crippen molar-refractivity contribution in [3.63, 3.8) is 0 Å². The predicted octanol–water partition coefficient (Wildman–Crippen LogP) is 2.00. The molecule has 1 saturated heterocycles. The van der Waals surface area contributed by atoms with Crippen LogP contribution in [0.1, 0.15) is 32.6 Å². The van der Waals surface area contributed by atoms with Gasteiger partial charge in [-0.1, -0.05) is 6.08 Å². The smallest absolute Gasteiger partial charge is 0.334 e. The highest BCUT2D eigenvalue weighted by molar-refractivity contribution is 5.92. The topological polar surface area (TPSA) is 63.6 Å². The number of cyclic esters (lactones) is 1. The van der Waals surface area contributed by atoms with Crippen LogP contribution < -0.4 is 0 Å². The second kappa shape index (κ2) is 3.22. The van der Waals surface area contributed by atoms with Crippen molar-refractivity contribution in [2.24, 2.45) is 28.6 Å². The molecule has 0 radical (unpaired) electrons. The maximum Gasteiger partial charge on any atom is 0.334 e. The van der Waals surface area contributed by atoms with Crippen molar-refractivity contribution >= 4 is 11.9 Å². The van der Waals surface area contributed by atoms with Gasteiger partial charge in [0.15, 0.2) is 0 Å². The van der Waals surface area contributed by atoms with Gasteiger partial charge in [-0.2, -0.15) is 0 Å². The minimum atomic E-state index is -0.686. The van der Waals surface area contributed by atoms with E-state index in [1.54, 1.807) is 0 Å². The third kappa shape index (κ3) is 1.04. The van der Waals surface area contributed by atoms with Gasteiger partial charge in [-0.15, -0.1) is 0 Å². The molecule has 5 unspecified atom stereocenters. The molecule has 4 rings (SSSR count). The molecule has 4 aliphatic rings. The monoisotopic (exact) mass is 262 g/mol. The lowest BCUT2D eigenvalue weighted by molar-refractivity contribution is -0.155. The Morgan fingerprint density at radius 1 is 1.42 bits per heavy atom. The van der Waals surface area contributed by atoms with Crippen molar-refractivity contribution in [3.05, 3.63) is 11.6 Å². The zero-order valence-corrected chi connectivity index (χ0v) is 11.0. The summed E-state index contributed by atoms with van der Waals surface area (Å²) in [7, 11) is 0. The fourth-order valence-corrected chi connectivity index (χ4v) is 5.59. The molecule has 3 aliphatic carbocycles. The van der Waals surface area contributed by atoms with Crippen LogP contribution in [0.3, 0.4) is 0 Å². The molecule has 0 aromatic carbocycles. The summed E-state index contributed by atoms with van der Waals surface area (Å²) in [6.07, 6.45) is 5.46. The van der Waals surface area contributed by atoms with E-state index in [9.17, 15) is 14.7 Å². The Bertz CT molecular complexity index is 522. The number of aliphatic carboxylic acids is 1. The fourth-order valence-electron chi connectivity index (χ4n) is 5.59. The van der Waals surface area contributed by atoms with Crippen molar-refractivity contribution in [3.8, 4) is 0 Å². The largest absolute Gasteiger partial charge is 0.481 e. The highest BCUT2D eigenvalue weighted by Gasteiger charge is 2.72. The molecule has 2 saturated carbocycles. The van der Waals surface area contributed by atoms with Crippen molar-refractivity contribution in [1.29, 1.82) is 0 Å². The number of rotatable bonds is 1. The maximum absolute atomic E-state index is 12.1. The molecule has 1 N–H and O–H groups in total. The Hall–Kier alpha value is -1.32. The quantitative estimate of drug-likeness (QED) is 0.734. The minimum absolute atomic E-state index is 0.106. The number of allylic oxidation sites excluding steroid dienone is 1. The summed E-state index contributed by atoms with van der Waals surface area (Å²) in [5.74, 6) is -0.267. The van der Waals surface area contributed by atoms with Gasteiger partial charge in [-0.25, -0.2) is 4.79 Å². The molecule has 2 bridgehead atoms. The molecule has 1 heterocycles. The highest BCUT2D eigenvalue weighted by Crippen LogP contribution is 2.73. The Morgan fingerprint density at radius 3 is 2.95 bits per heavy atom. The number of hydrogen-bond acceptors (Lipinski definition) is 3. The summed E-state index contributed by atoms with van der Waals surface area (Å²) in [5, 5.41) is 9.75. The third-order valence-electron chi connectivity index (χ3n) is 6.51. The molecule has 4 nitrogen and oxygen atoms in total. The van der Waals surface area contributed by atoms with Crippen LogP contribution in [0, 0.1) is 28.6 Å². The van der Waals surface area contributed by atoms with Crippen LogP contribution in [0.4, 0.5) is 0 Å². The molecule has 1 aliphatic heterocycles. The molecule has 0 aromatic heterocycles. The number of hydrogen-bond donors (Lipinski definition) is 1. The van der Waals surface area contributed by atoms with Crippen molar-refractivity contribution in [1.82, 2.24) is 0 Å². The zero-order chi connectivity index (χ0) is 13.4. The molecule has 0 aromatic rings. The Kier molecular flexibility index (Phi) is 1.95. The van der Waals surface area contributed by atoms with E-state index >= 15 is 0 Å². The van der Waals surface area contributed by atoms with E-state index in [1.165, 1.54) is 0 Å². The summed E-state index contributed by atoms with van der Waals surface area (Å²) >= 11 is 0. The van der Waals surface area contributed by atoms with E-state index in [2.05, 4.69) is 0 Å². The van der Waals surface area contributed by atoms with Gasteiger partial charge in [-0.3, -0.25) is 4.79 Å². The number of fused-ring (bicyclic) bond motifs is 1. The number of carbonyl (C=O) groups excluding carboxylic acids is 1. The third-order valence-corrected chi connectivity index (χ3v) is 6.51. The number of ether oxygens (including phenoxy) is 1. The van der Waals surface area contributed by atoms with Crippen LogP contribution in [0.2, 0.25) is 0 Å². The molecular weight excluding hydrogens is 244 g/mol. The lowest BCUT2D eigenvalue weighted by Crippen LogP contribution is -2.44. The van der Waals surface area contributed by atoms with Crippen molar-refractivity contribution in [2.45, 2.75) is 32.6 Å². The molecule has 19 heavy (non-hydrogen) atoms. The lowest BCUT2D eigenvalue weighted by Gasteiger charge is -2.42. The molecule has 102 valence electrons. The van der Waals surface area contributed by atoms with Gasteiger partial charge in [0.1, 0.15) is 0 Å². The molecule has 3 fully saturated rings. The Labute approximate surface area is 111 Å². The van der Waals surface area contributed by atoms with Gasteiger partial charge in [-0.05, 0) is 44.4 Å². The van der Waals surface area contributed by atoms with Crippen LogP contribution in [-0.4, -0.2) is 23.7 Å². The highest BCUT2D eigenvalue weighted by atomic mass is 16.5. The second-order valence-electron chi connectivity index (χ2n) is 6.81. The fraction of sp³-hybridized carbons (Fsp3) is 0.733. The van der Waals surface area contributed by atoms with Crippen molar-refractivity contribution < 1.29 is 19.4 Å². The molecular formula is C15H18O4. The van der Waals surface area contributed by atoms with Gasteiger partial charge in [0, 0.05) is 16.9 Å². The van der Waals surface area contributed by atoms with Gasteiger partial charge in [0.05, 0.1) is 12.0 Å². The van der Waals surface area contributed by atoms with E-state index in [4.69, 9.17) is 4.74 Å². The number of carboxylic acids is 1. The predicted molar refractivity (Wildman–Crippen MR) is 66.2 cm³/mol. The molecule has 0 amide bonds. The number of esters is 1. The van der Waals surface area contributed by atoms with Crippen LogP contribution in [0.25, 0.3) is 0 Å². The average Bonchev–Trinajstić information content (AvgIpc) is 2.82. The minimum Gasteiger partial charge on any atom is -0.481 e.